The molecule has 6 heteroatoms. The predicted molar refractivity (Wildman–Crippen MR) is 118 cm³/mol. The number of carbonyl (C=O) groups excluding carboxylic acids is 1. The maximum Gasteiger partial charge on any atom is 0.239 e. The highest BCUT2D eigenvalue weighted by atomic mass is 16.5. The molecule has 1 unspecified atom stereocenters. The SMILES string of the molecule is COc1ccc([C@@H]2CN(C(=O)[C@H](N)C(C)C)C[C@@]2(C)C(C)O)cc1OC1CCCC1. The molecule has 30 heavy (non-hydrogen) atoms. The zero-order valence-electron chi connectivity index (χ0n) is 19.1. The van der Waals surface area contributed by atoms with Crippen molar-refractivity contribution in [1.29, 1.82) is 0 Å². The van der Waals surface area contributed by atoms with Gasteiger partial charge < -0.3 is 25.2 Å². The first-order chi connectivity index (χ1) is 14.2. The van der Waals surface area contributed by atoms with Gasteiger partial charge in [-0.25, -0.2) is 0 Å². The van der Waals surface area contributed by atoms with Gasteiger partial charge in [-0.1, -0.05) is 26.8 Å². The van der Waals surface area contributed by atoms with E-state index in [1.54, 1.807) is 7.11 Å². The summed E-state index contributed by atoms with van der Waals surface area (Å²) in [5.41, 5.74) is 6.74. The van der Waals surface area contributed by atoms with Gasteiger partial charge >= 0.3 is 0 Å². The summed E-state index contributed by atoms with van der Waals surface area (Å²) in [5.74, 6) is 1.48. The summed E-state index contributed by atoms with van der Waals surface area (Å²) in [4.78, 5) is 14.8. The van der Waals surface area contributed by atoms with Gasteiger partial charge in [0.1, 0.15) is 0 Å². The van der Waals surface area contributed by atoms with Crippen molar-refractivity contribution in [2.75, 3.05) is 20.2 Å². The average molecular weight is 419 g/mol. The van der Waals surface area contributed by atoms with E-state index in [0.29, 0.717) is 13.1 Å². The molecule has 1 aliphatic carbocycles. The highest BCUT2D eigenvalue weighted by Gasteiger charge is 2.49. The highest BCUT2D eigenvalue weighted by molar-refractivity contribution is 5.82. The van der Waals surface area contributed by atoms with Crippen LogP contribution in [0.4, 0.5) is 0 Å². The van der Waals surface area contributed by atoms with Crippen LogP contribution in [0.2, 0.25) is 0 Å². The first-order valence-corrected chi connectivity index (χ1v) is 11.2. The van der Waals surface area contributed by atoms with Gasteiger partial charge in [-0.15, -0.1) is 0 Å². The Morgan fingerprint density at radius 3 is 2.47 bits per heavy atom. The molecule has 3 N–H and O–H groups in total. The van der Waals surface area contributed by atoms with Gasteiger partial charge in [0.15, 0.2) is 11.5 Å². The van der Waals surface area contributed by atoms with E-state index in [0.717, 1.165) is 29.9 Å². The van der Waals surface area contributed by atoms with E-state index in [1.165, 1.54) is 12.8 Å². The van der Waals surface area contributed by atoms with Crippen molar-refractivity contribution in [3.8, 4) is 11.5 Å². The van der Waals surface area contributed by atoms with E-state index >= 15 is 0 Å². The second-order valence-electron chi connectivity index (χ2n) is 9.66. The van der Waals surface area contributed by atoms with Gasteiger partial charge in [0.05, 0.1) is 25.4 Å². The quantitative estimate of drug-likeness (QED) is 0.710. The van der Waals surface area contributed by atoms with E-state index in [-0.39, 0.29) is 23.8 Å². The number of amides is 1. The second-order valence-corrected chi connectivity index (χ2v) is 9.66. The van der Waals surface area contributed by atoms with Gasteiger partial charge in [-0.3, -0.25) is 4.79 Å². The summed E-state index contributed by atoms with van der Waals surface area (Å²) >= 11 is 0. The monoisotopic (exact) mass is 418 g/mol. The van der Waals surface area contributed by atoms with Crippen molar-refractivity contribution in [3.63, 3.8) is 0 Å². The lowest BCUT2D eigenvalue weighted by Gasteiger charge is -2.34. The second kappa shape index (κ2) is 9.15. The Kier molecular flexibility index (Phi) is 6.98. The molecule has 2 fully saturated rings. The van der Waals surface area contributed by atoms with Crippen molar-refractivity contribution < 1.29 is 19.4 Å². The summed E-state index contributed by atoms with van der Waals surface area (Å²) in [6.07, 6.45) is 4.18. The molecule has 1 heterocycles. The molecule has 1 saturated heterocycles. The number of methoxy groups -OCH3 is 1. The van der Waals surface area contributed by atoms with Crippen molar-refractivity contribution in [2.24, 2.45) is 17.1 Å². The van der Waals surface area contributed by atoms with Crippen molar-refractivity contribution in [3.05, 3.63) is 23.8 Å². The zero-order valence-corrected chi connectivity index (χ0v) is 19.1. The molecular formula is C24H38N2O4. The minimum atomic E-state index is -0.572. The number of benzene rings is 1. The van der Waals surface area contributed by atoms with Crippen LogP contribution in [0.25, 0.3) is 0 Å². The number of ether oxygens (including phenoxy) is 2. The van der Waals surface area contributed by atoms with E-state index in [4.69, 9.17) is 15.2 Å². The van der Waals surface area contributed by atoms with E-state index in [2.05, 4.69) is 6.92 Å². The number of rotatable bonds is 7. The van der Waals surface area contributed by atoms with Gasteiger partial charge in [0.25, 0.3) is 0 Å². The Balaban J connectivity index is 1.90. The molecule has 2 aliphatic rings. The molecule has 0 spiro atoms. The number of aliphatic hydroxyl groups excluding tert-OH is 1. The third-order valence-electron chi connectivity index (χ3n) is 7.19. The minimum Gasteiger partial charge on any atom is -0.493 e. The summed E-state index contributed by atoms with van der Waals surface area (Å²) in [7, 11) is 1.65. The van der Waals surface area contributed by atoms with Gasteiger partial charge in [-0.2, -0.15) is 0 Å². The summed E-state index contributed by atoms with van der Waals surface area (Å²) in [6.45, 7) is 8.80. The van der Waals surface area contributed by atoms with Crippen LogP contribution in [0.5, 0.6) is 11.5 Å². The summed E-state index contributed by atoms with van der Waals surface area (Å²) < 4.78 is 11.8. The van der Waals surface area contributed by atoms with Crippen molar-refractivity contribution in [1.82, 2.24) is 4.90 Å². The van der Waals surface area contributed by atoms with Gasteiger partial charge in [0.2, 0.25) is 5.91 Å². The predicted octanol–water partition coefficient (Wildman–Crippen LogP) is 3.31. The standard InChI is InChI=1S/C24H38N2O4/c1-15(2)22(25)23(28)26-13-19(24(4,14-26)16(3)27)17-10-11-20(29-5)21(12-17)30-18-8-6-7-9-18/h10-12,15-16,18-19,22,27H,6-9,13-14,25H2,1-5H3/t16?,19-,22+,24-/m0/s1. The fourth-order valence-electron chi connectivity index (χ4n) is 4.78. The van der Waals surface area contributed by atoms with Crippen LogP contribution >= 0.6 is 0 Å². The fraction of sp³-hybridized carbons (Fsp3) is 0.708. The smallest absolute Gasteiger partial charge is 0.239 e. The van der Waals surface area contributed by atoms with Crippen LogP contribution in [-0.2, 0) is 4.79 Å². The van der Waals surface area contributed by atoms with Gasteiger partial charge in [0, 0.05) is 24.4 Å². The molecule has 168 valence electrons. The van der Waals surface area contributed by atoms with Crippen LogP contribution in [0.15, 0.2) is 18.2 Å². The fourth-order valence-corrected chi connectivity index (χ4v) is 4.78. The maximum atomic E-state index is 12.9. The number of aliphatic hydroxyl groups is 1. The molecule has 4 atom stereocenters. The van der Waals surface area contributed by atoms with Crippen LogP contribution in [0.1, 0.15) is 64.9 Å². The Hall–Kier alpha value is -1.79. The van der Waals surface area contributed by atoms with Crippen LogP contribution < -0.4 is 15.2 Å². The number of hydrogen-bond donors (Lipinski definition) is 2. The van der Waals surface area contributed by atoms with Crippen LogP contribution in [-0.4, -0.2) is 54.4 Å². The molecule has 1 amide bonds. The van der Waals surface area contributed by atoms with E-state index < -0.39 is 17.6 Å². The Bertz CT molecular complexity index is 745. The third kappa shape index (κ3) is 4.45. The number of likely N-dealkylation sites (tertiary alicyclic amines) is 1. The van der Waals surface area contributed by atoms with Gasteiger partial charge in [-0.05, 0) is 56.2 Å². The lowest BCUT2D eigenvalue weighted by molar-refractivity contribution is -0.133. The molecular weight excluding hydrogens is 380 g/mol. The number of hydrogen-bond acceptors (Lipinski definition) is 5. The lowest BCUT2D eigenvalue weighted by atomic mass is 9.72. The molecule has 3 rings (SSSR count). The summed E-state index contributed by atoms with van der Waals surface area (Å²) in [6, 6.07) is 5.48. The van der Waals surface area contributed by atoms with E-state index in [1.807, 2.05) is 43.9 Å². The van der Waals surface area contributed by atoms with Crippen molar-refractivity contribution in [2.45, 2.75) is 77.5 Å². The topological polar surface area (TPSA) is 85.0 Å². The third-order valence-corrected chi connectivity index (χ3v) is 7.19. The lowest BCUT2D eigenvalue weighted by Crippen LogP contribution is -2.46. The van der Waals surface area contributed by atoms with Crippen LogP contribution in [0.3, 0.4) is 0 Å². The molecule has 1 saturated carbocycles. The Morgan fingerprint density at radius 1 is 1.23 bits per heavy atom. The van der Waals surface area contributed by atoms with Crippen molar-refractivity contribution >= 4 is 5.91 Å². The molecule has 1 aliphatic heterocycles. The first kappa shape index (κ1) is 22.9. The molecule has 0 aromatic heterocycles. The zero-order chi connectivity index (χ0) is 22.1. The van der Waals surface area contributed by atoms with E-state index in [9.17, 15) is 9.90 Å². The normalized spacial score (nSPS) is 26.8. The molecule has 0 radical (unpaired) electrons. The highest BCUT2D eigenvalue weighted by Crippen LogP contribution is 2.47. The molecule has 1 aromatic rings. The minimum absolute atomic E-state index is 0.0161. The summed E-state index contributed by atoms with van der Waals surface area (Å²) in [5, 5.41) is 10.7. The number of nitrogens with zero attached hydrogens (tertiary/aromatic N) is 1. The largest absolute Gasteiger partial charge is 0.493 e. The maximum absolute atomic E-state index is 12.9. The Labute approximate surface area is 180 Å². The average Bonchev–Trinajstić information content (AvgIpc) is 3.35. The Morgan fingerprint density at radius 2 is 1.90 bits per heavy atom. The first-order valence-electron chi connectivity index (χ1n) is 11.2. The van der Waals surface area contributed by atoms with Crippen LogP contribution in [0, 0.1) is 11.3 Å². The number of carbonyl (C=O) groups is 1. The molecule has 6 nitrogen and oxygen atoms in total. The number of nitrogens with two attached hydrogens (primary N) is 1. The molecule has 1 aromatic carbocycles. The molecule has 0 bridgehead atoms.